The number of likely N-dealkylation sites (tertiary alicyclic amines) is 1. The summed E-state index contributed by atoms with van der Waals surface area (Å²) < 4.78 is 21.4. The van der Waals surface area contributed by atoms with E-state index in [1.807, 2.05) is 83.3 Å². The van der Waals surface area contributed by atoms with Crippen LogP contribution in [0.4, 0.5) is 20.7 Å². The maximum absolute atomic E-state index is 15.9. The number of alkyl carbamates (subject to hydrolysis) is 1. The lowest BCUT2D eigenvalue weighted by molar-refractivity contribution is -0.149. The van der Waals surface area contributed by atoms with E-state index in [-0.39, 0.29) is 84.5 Å². The van der Waals surface area contributed by atoms with Crippen LogP contribution in [0.25, 0.3) is 11.1 Å². The molecule has 1 aromatic heterocycles. The highest BCUT2D eigenvalue weighted by Gasteiger charge is 2.41. The van der Waals surface area contributed by atoms with Crippen LogP contribution in [0.15, 0.2) is 102 Å². The lowest BCUT2D eigenvalue weighted by Crippen LogP contribution is -2.56. The molecule has 0 saturated carbocycles. The molecule has 7 atom stereocenters. The number of unbranched alkanes of at least 4 members (excludes halogenated alkanes) is 3. The number of amides is 8. The molecule has 0 radical (unpaired) electrons. The second kappa shape index (κ2) is 35.9. The SMILES string of the molecule is CCCCCCN(C(=O)[C@H](C(=O)N[C@H]1CCCCN1C)[C@@H](C)CC)[C@H](C[C@@H](O)c1nc(NC(=O)[C@@H](Cc2ccc(NC(=O)CNC(=O)[C@H](Cc3ccccc3)NC(=O)CNC(=O)CNC(=O)OCC3c4ccccc4-c4ccccc43)c(F)c2)CC(C)(C)C(=O)O)cs1)C(C)C. The van der Waals surface area contributed by atoms with E-state index >= 15 is 4.39 Å². The van der Waals surface area contributed by atoms with Gasteiger partial charge in [0.25, 0.3) is 0 Å². The van der Waals surface area contributed by atoms with Gasteiger partial charge < -0.3 is 57.1 Å². The third kappa shape index (κ3) is 21.2. The summed E-state index contributed by atoms with van der Waals surface area (Å²) in [5.41, 5.74) is 3.44. The molecule has 4 aromatic carbocycles. The number of carbonyl (C=O) groups is 9. The van der Waals surface area contributed by atoms with Crippen molar-refractivity contribution < 1.29 is 62.5 Å². The smallest absolute Gasteiger partial charge is 0.407 e. The van der Waals surface area contributed by atoms with E-state index in [0.29, 0.717) is 30.5 Å². The fourth-order valence-electron chi connectivity index (χ4n) is 12.4. The number of hydrogen-bond acceptors (Lipinski definition) is 14. The Morgan fingerprint density at radius 1 is 0.760 bits per heavy atom. The van der Waals surface area contributed by atoms with E-state index in [1.165, 1.54) is 26.0 Å². The van der Waals surface area contributed by atoms with Crippen molar-refractivity contribution in [2.75, 3.05) is 57.0 Å². The average molecular weight is 1340 g/mol. The molecule has 518 valence electrons. The molecular formula is C72H95FN10O12S. The zero-order valence-corrected chi connectivity index (χ0v) is 57.2. The van der Waals surface area contributed by atoms with Gasteiger partial charge in [-0.2, -0.15) is 0 Å². The average Bonchev–Trinajstić information content (AvgIpc) is 1.61. The highest BCUT2D eigenvalue weighted by molar-refractivity contribution is 7.10. The van der Waals surface area contributed by atoms with Crippen molar-refractivity contribution >= 4 is 76.3 Å². The molecule has 2 heterocycles. The number of nitrogens with one attached hydrogen (secondary N) is 7. The first-order valence-electron chi connectivity index (χ1n) is 33.4. The molecule has 8 amide bonds. The van der Waals surface area contributed by atoms with Gasteiger partial charge in [-0.25, -0.2) is 14.2 Å². The van der Waals surface area contributed by atoms with Gasteiger partial charge in [0, 0.05) is 42.6 Å². The largest absolute Gasteiger partial charge is 0.481 e. The minimum Gasteiger partial charge on any atom is -0.481 e. The number of halogens is 1. The summed E-state index contributed by atoms with van der Waals surface area (Å²) in [5.74, 6) is -8.75. The second-order valence-corrected chi connectivity index (χ2v) is 27.1. The van der Waals surface area contributed by atoms with Crippen molar-refractivity contribution in [2.45, 2.75) is 156 Å². The zero-order valence-electron chi connectivity index (χ0n) is 56.3. The Kier molecular flexibility index (Phi) is 28.0. The number of rotatable bonds is 35. The van der Waals surface area contributed by atoms with E-state index in [4.69, 9.17) is 4.74 Å². The number of nitrogens with zero attached hydrogens (tertiary/aromatic N) is 3. The fraction of sp³-hybridized carbons (Fsp3) is 0.500. The number of aliphatic carboxylic acids is 1. The quantitative estimate of drug-likeness (QED) is 0.0135. The highest BCUT2D eigenvalue weighted by Crippen LogP contribution is 2.44. The van der Waals surface area contributed by atoms with Gasteiger partial charge in [-0.1, -0.05) is 145 Å². The number of carbonyl (C=O) groups excluding carboxylic acids is 8. The number of aliphatic hydroxyl groups excluding tert-OH is 1. The Bertz CT molecular complexity index is 3450. The minimum atomic E-state index is -1.41. The van der Waals surface area contributed by atoms with Gasteiger partial charge in [0.2, 0.25) is 41.4 Å². The Morgan fingerprint density at radius 3 is 2.07 bits per heavy atom. The Morgan fingerprint density at radius 2 is 1.43 bits per heavy atom. The molecule has 0 unspecified atom stereocenters. The number of piperidine rings is 1. The number of benzene rings is 4. The first-order valence-corrected chi connectivity index (χ1v) is 34.3. The molecule has 0 spiro atoms. The van der Waals surface area contributed by atoms with Crippen LogP contribution < -0.4 is 37.2 Å². The highest BCUT2D eigenvalue weighted by atomic mass is 32.1. The number of carboxylic acids is 1. The molecule has 2 aliphatic rings. The number of thiazole rings is 1. The lowest BCUT2D eigenvalue weighted by atomic mass is 9.80. The number of aromatic nitrogens is 1. The van der Waals surface area contributed by atoms with Crippen molar-refractivity contribution in [3.05, 3.63) is 136 Å². The second-order valence-electron chi connectivity index (χ2n) is 26.2. The summed E-state index contributed by atoms with van der Waals surface area (Å²) in [7, 11) is 1.98. The molecule has 0 bridgehead atoms. The molecule has 1 aliphatic heterocycles. The van der Waals surface area contributed by atoms with Crippen LogP contribution in [0.5, 0.6) is 0 Å². The summed E-state index contributed by atoms with van der Waals surface area (Å²) in [6, 6.07) is 26.6. The topological polar surface area (TPSA) is 307 Å². The van der Waals surface area contributed by atoms with Crippen LogP contribution in [0.1, 0.15) is 152 Å². The molecule has 7 rings (SSSR count). The standard InChI is InChI=1S/C72H95FN10O12S/c1-9-11-12-21-33-83(69(91)64(45(5)10-2)67(90)81-60-29-20-22-32-82(60)8)57(44(3)4)37-58(84)68-80-59(43-96-68)79-65(88)48(38-72(6,7)70(92)93)34-47-30-31-55(54(73)35-47)77-63(87)41-75-66(89)56(36-46-23-14-13-15-24-46)78-62(86)40-74-61(85)39-76-71(94)95-42-53-51-27-18-16-25-49(51)50-26-17-19-28-52(50)53/h13-19,23-28,30-31,35,43-45,48,53,56-58,60,64,84H,9-12,20-22,29,32-34,36-42H2,1-8H3,(H,74,85)(H,75,89)(H,76,94)(H,77,87)(H,78,86)(H,79,88)(H,81,90)(H,92,93)/t45-,48-,56-,57+,58+,60+,64-/m0/s1. The molecule has 24 heteroatoms. The van der Waals surface area contributed by atoms with E-state index < -0.39 is 102 Å². The van der Waals surface area contributed by atoms with E-state index in [9.17, 15) is 53.4 Å². The van der Waals surface area contributed by atoms with Gasteiger partial charge in [-0.3, -0.25) is 43.3 Å². The maximum atomic E-state index is 15.9. The predicted octanol–water partition coefficient (Wildman–Crippen LogP) is 9.09. The Hall–Kier alpha value is -8.61. The first-order chi connectivity index (χ1) is 45.9. The minimum absolute atomic E-state index is 0.00659. The summed E-state index contributed by atoms with van der Waals surface area (Å²) in [6.45, 7) is 12.5. The number of hydrogen-bond donors (Lipinski definition) is 9. The van der Waals surface area contributed by atoms with Gasteiger partial charge >= 0.3 is 12.1 Å². The molecular weight excluding hydrogens is 1250 g/mol. The van der Waals surface area contributed by atoms with E-state index in [1.54, 1.807) is 40.6 Å². The van der Waals surface area contributed by atoms with Crippen molar-refractivity contribution in [2.24, 2.45) is 29.1 Å². The summed E-state index contributed by atoms with van der Waals surface area (Å²) in [4.78, 5) is 130. The van der Waals surface area contributed by atoms with E-state index in [2.05, 4.69) is 54.0 Å². The first kappa shape index (κ1) is 74.8. The molecule has 1 aliphatic carbocycles. The summed E-state index contributed by atoms with van der Waals surface area (Å²) in [5, 5.41) is 42.1. The maximum Gasteiger partial charge on any atom is 0.407 e. The molecule has 5 aromatic rings. The molecule has 9 N–H and O–H groups in total. The van der Waals surface area contributed by atoms with E-state index in [0.717, 1.165) is 84.7 Å². The summed E-state index contributed by atoms with van der Waals surface area (Å²) >= 11 is 1.10. The zero-order chi connectivity index (χ0) is 69.6. The van der Waals surface area contributed by atoms with Crippen LogP contribution in [0.3, 0.4) is 0 Å². The molecule has 22 nitrogen and oxygen atoms in total. The molecule has 1 saturated heterocycles. The lowest BCUT2D eigenvalue weighted by Gasteiger charge is -2.39. The van der Waals surface area contributed by atoms with Crippen LogP contribution >= 0.6 is 11.3 Å². The normalized spacial score (nSPS) is 15.7. The van der Waals surface area contributed by atoms with Crippen LogP contribution in [-0.4, -0.2) is 143 Å². The fourth-order valence-corrected chi connectivity index (χ4v) is 13.1. The number of carboxylic acid groups (broad SMARTS) is 1. The number of ether oxygens (including phenoxy) is 1. The third-order valence-corrected chi connectivity index (χ3v) is 19.1. The monoisotopic (exact) mass is 1340 g/mol. The Labute approximate surface area is 566 Å². The van der Waals surface area contributed by atoms with Gasteiger partial charge in [0.15, 0.2) is 0 Å². The van der Waals surface area contributed by atoms with Gasteiger partial charge in [0.1, 0.15) is 47.9 Å². The van der Waals surface area contributed by atoms with Crippen LogP contribution in [0.2, 0.25) is 0 Å². The molecule has 1 fully saturated rings. The van der Waals surface area contributed by atoms with Crippen molar-refractivity contribution in [3.8, 4) is 11.1 Å². The van der Waals surface area contributed by atoms with Crippen molar-refractivity contribution in [1.29, 1.82) is 0 Å². The van der Waals surface area contributed by atoms with Gasteiger partial charge in [-0.05, 0) is 123 Å². The third-order valence-electron chi connectivity index (χ3n) is 18.1. The number of aliphatic hydroxyl groups is 1. The number of anilines is 2. The Balaban J connectivity index is 0.929. The van der Waals surface area contributed by atoms with Crippen molar-refractivity contribution in [1.82, 2.24) is 41.4 Å². The number of fused-ring (bicyclic) bond motifs is 3. The summed E-state index contributed by atoms with van der Waals surface area (Å²) in [6.07, 6.45) is 4.60. The molecule has 96 heavy (non-hydrogen) atoms. The van der Waals surface area contributed by atoms with Crippen LogP contribution in [0, 0.1) is 34.9 Å². The van der Waals surface area contributed by atoms with Gasteiger partial charge in [-0.15, -0.1) is 11.3 Å². The van der Waals surface area contributed by atoms with Crippen LogP contribution in [-0.2, 0) is 55.9 Å². The van der Waals surface area contributed by atoms with Crippen molar-refractivity contribution in [3.63, 3.8) is 0 Å². The van der Waals surface area contributed by atoms with Gasteiger partial charge in [0.05, 0.1) is 30.4 Å². The predicted molar refractivity (Wildman–Crippen MR) is 366 cm³/mol.